The molecule has 2 aromatic carbocycles. The van der Waals surface area contributed by atoms with Crippen molar-refractivity contribution < 1.29 is 31.4 Å². The molecule has 2 aliphatic rings. The van der Waals surface area contributed by atoms with Crippen LogP contribution in [0.2, 0.25) is 0 Å². The standard InChI is InChI=1S/C22H22NO3.C5H5.Fe/c1-2-26-21(24)8-5-13-23-22(25)20-12-11-18-14-17(9-10-19(18)15-20)16-6-3-4-7-16;1-2-4-5-3-1;/h3-4,6-7,9-12,14-15H,2,5,8,13H2,1H3,(H,23,25);1-5H;/q;;+2. The number of ether oxygens (including phenoxy) is 1. The topological polar surface area (TPSA) is 55.4 Å². The zero-order valence-corrected chi connectivity index (χ0v) is 19.2. The number of carbonyl (C=O) groups is 2. The second-order valence-electron chi connectivity index (χ2n) is 7.08. The van der Waals surface area contributed by atoms with Crippen LogP contribution < -0.4 is 5.32 Å². The third-order valence-corrected chi connectivity index (χ3v) is 4.80. The summed E-state index contributed by atoms with van der Waals surface area (Å²) in [5, 5.41) is 4.98. The molecule has 164 valence electrons. The molecular formula is C27H27FeNO3+2. The average Bonchev–Trinajstić information content (AvgIpc) is 3.53. The van der Waals surface area contributed by atoms with E-state index in [0.717, 1.165) is 10.8 Å². The summed E-state index contributed by atoms with van der Waals surface area (Å²) < 4.78 is 4.87. The maximum absolute atomic E-state index is 12.3. The van der Waals surface area contributed by atoms with Gasteiger partial charge in [-0.3, -0.25) is 9.59 Å². The molecule has 2 aromatic rings. The van der Waals surface area contributed by atoms with Gasteiger partial charge in [0, 0.05) is 24.4 Å². The predicted octanol–water partition coefficient (Wildman–Crippen LogP) is 4.69. The van der Waals surface area contributed by atoms with Crippen LogP contribution in [0.1, 0.15) is 35.7 Å². The molecule has 10 radical (unpaired) electrons. The number of nitrogens with one attached hydrogen (secondary N) is 1. The van der Waals surface area contributed by atoms with Crippen LogP contribution in [0.3, 0.4) is 0 Å². The first-order valence-corrected chi connectivity index (χ1v) is 10.5. The van der Waals surface area contributed by atoms with Crippen molar-refractivity contribution in [2.24, 2.45) is 0 Å². The van der Waals surface area contributed by atoms with Gasteiger partial charge in [0.1, 0.15) is 0 Å². The van der Waals surface area contributed by atoms with Crippen molar-refractivity contribution >= 4 is 22.6 Å². The minimum Gasteiger partial charge on any atom is -0.466 e. The Kier molecular flexibility index (Phi) is 11.8. The van der Waals surface area contributed by atoms with E-state index in [1.807, 2.05) is 69.2 Å². The fourth-order valence-corrected chi connectivity index (χ4v) is 3.22. The largest absolute Gasteiger partial charge is 2.00 e. The molecule has 0 saturated heterocycles. The summed E-state index contributed by atoms with van der Waals surface area (Å²) in [5.41, 5.74) is 1.79. The smallest absolute Gasteiger partial charge is 0.466 e. The monoisotopic (exact) mass is 469 g/mol. The molecule has 2 saturated carbocycles. The van der Waals surface area contributed by atoms with Gasteiger partial charge in [0.2, 0.25) is 0 Å². The van der Waals surface area contributed by atoms with Crippen LogP contribution in [-0.4, -0.2) is 25.0 Å². The Balaban J connectivity index is 0.000000534. The fourth-order valence-electron chi connectivity index (χ4n) is 3.22. The van der Waals surface area contributed by atoms with Crippen molar-refractivity contribution in [2.75, 3.05) is 13.2 Å². The normalized spacial score (nSPS) is 15.5. The zero-order chi connectivity index (χ0) is 21.9. The van der Waals surface area contributed by atoms with Crippen LogP contribution in [0, 0.1) is 63.7 Å². The van der Waals surface area contributed by atoms with Gasteiger partial charge in [0.05, 0.1) is 6.61 Å². The first kappa shape index (κ1) is 26.4. The van der Waals surface area contributed by atoms with Gasteiger partial charge in [-0.2, -0.15) is 0 Å². The number of benzene rings is 2. The Morgan fingerprint density at radius 3 is 2.12 bits per heavy atom. The summed E-state index contributed by atoms with van der Waals surface area (Å²) in [6, 6.07) is 11.9. The molecule has 2 aliphatic carbocycles. The molecule has 0 atom stereocenters. The minimum atomic E-state index is -0.229. The van der Waals surface area contributed by atoms with Crippen LogP contribution in [0.5, 0.6) is 0 Å². The molecule has 0 heterocycles. The molecule has 0 spiro atoms. The predicted molar refractivity (Wildman–Crippen MR) is 123 cm³/mol. The van der Waals surface area contributed by atoms with E-state index in [9.17, 15) is 9.59 Å². The van der Waals surface area contributed by atoms with Gasteiger partial charge in [-0.15, -0.1) is 0 Å². The van der Waals surface area contributed by atoms with Crippen LogP contribution in [0.15, 0.2) is 36.4 Å². The van der Waals surface area contributed by atoms with Gasteiger partial charge in [-0.25, -0.2) is 0 Å². The van der Waals surface area contributed by atoms with Crippen molar-refractivity contribution in [3.63, 3.8) is 0 Å². The number of esters is 1. The molecule has 1 N–H and O–H groups in total. The molecule has 4 nitrogen and oxygen atoms in total. The second-order valence-corrected chi connectivity index (χ2v) is 7.08. The number of hydrogen-bond donors (Lipinski definition) is 1. The van der Waals surface area contributed by atoms with Crippen molar-refractivity contribution in [3.8, 4) is 0 Å². The summed E-state index contributed by atoms with van der Waals surface area (Å²) in [5.74, 6) is 0.833. The van der Waals surface area contributed by atoms with Gasteiger partial charge < -0.3 is 10.1 Å². The third-order valence-electron chi connectivity index (χ3n) is 4.80. The van der Waals surface area contributed by atoms with Crippen LogP contribution in [-0.2, 0) is 26.6 Å². The maximum atomic E-state index is 12.3. The van der Waals surface area contributed by atoms with E-state index in [1.165, 1.54) is 11.5 Å². The SMILES string of the molecule is CCOC(=O)CCCNC(=O)c1ccc2cc([C]3[CH][CH][CH][CH]3)ccc2c1.[CH]1[CH][CH][CH][CH]1.[Fe+2]. The Bertz CT molecular complexity index is 849. The number of fused-ring (bicyclic) bond motifs is 1. The van der Waals surface area contributed by atoms with E-state index in [0.29, 0.717) is 31.6 Å². The van der Waals surface area contributed by atoms with Crippen LogP contribution in [0.25, 0.3) is 10.8 Å². The molecule has 0 aromatic heterocycles. The van der Waals surface area contributed by atoms with Gasteiger partial charge in [0.25, 0.3) is 5.91 Å². The summed E-state index contributed by atoms with van der Waals surface area (Å²) >= 11 is 0. The summed E-state index contributed by atoms with van der Waals surface area (Å²) in [6.45, 7) is 2.61. The number of carbonyl (C=O) groups excluding carboxylic acids is 2. The molecule has 5 heteroatoms. The molecule has 0 aliphatic heterocycles. The molecule has 2 fully saturated rings. The van der Waals surface area contributed by atoms with E-state index in [1.54, 1.807) is 6.92 Å². The van der Waals surface area contributed by atoms with E-state index in [4.69, 9.17) is 4.74 Å². The molecular weight excluding hydrogens is 442 g/mol. The third kappa shape index (κ3) is 8.26. The second kappa shape index (κ2) is 14.3. The number of amides is 1. The molecule has 4 rings (SSSR count). The van der Waals surface area contributed by atoms with E-state index >= 15 is 0 Å². The quantitative estimate of drug-likeness (QED) is 0.364. The van der Waals surface area contributed by atoms with E-state index < -0.39 is 0 Å². The molecule has 1 amide bonds. The minimum absolute atomic E-state index is 0. The Labute approximate surface area is 203 Å². The Morgan fingerprint density at radius 2 is 1.47 bits per heavy atom. The van der Waals surface area contributed by atoms with E-state index in [-0.39, 0.29) is 28.9 Å². The number of rotatable bonds is 7. The van der Waals surface area contributed by atoms with Gasteiger partial charge in [0.15, 0.2) is 0 Å². The first-order valence-electron chi connectivity index (χ1n) is 10.5. The molecule has 32 heavy (non-hydrogen) atoms. The van der Waals surface area contributed by atoms with Gasteiger partial charge in [-0.05, 0) is 99.6 Å². The van der Waals surface area contributed by atoms with Crippen molar-refractivity contribution in [1.29, 1.82) is 0 Å². The Hall–Kier alpha value is -1.84. The molecule has 0 bridgehead atoms. The summed E-state index contributed by atoms with van der Waals surface area (Å²) in [6.07, 6.45) is 19.1. The van der Waals surface area contributed by atoms with E-state index in [2.05, 4.69) is 30.3 Å². The first-order chi connectivity index (χ1) is 15.2. The Morgan fingerprint density at radius 1 is 0.844 bits per heavy atom. The van der Waals surface area contributed by atoms with Crippen molar-refractivity contribution in [3.05, 3.63) is 111 Å². The van der Waals surface area contributed by atoms with Crippen molar-refractivity contribution in [2.45, 2.75) is 19.8 Å². The van der Waals surface area contributed by atoms with Gasteiger partial charge in [-0.1, -0.05) is 24.3 Å². The van der Waals surface area contributed by atoms with Crippen molar-refractivity contribution in [1.82, 2.24) is 5.32 Å². The van der Waals surface area contributed by atoms with Gasteiger partial charge >= 0.3 is 23.0 Å². The molecule has 0 unspecified atom stereocenters. The number of hydrogen-bond acceptors (Lipinski definition) is 3. The van der Waals surface area contributed by atoms with Crippen LogP contribution >= 0.6 is 0 Å². The maximum Gasteiger partial charge on any atom is 2.00 e. The van der Waals surface area contributed by atoms with Crippen LogP contribution in [0.4, 0.5) is 0 Å². The fraction of sp³-hybridized carbons (Fsp3) is 0.185. The average molecular weight is 469 g/mol. The summed E-state index contributed by atoms with van der Waals surface area (Å²) in [4.78, 5) is 23.6. The summed E-state index contributed by atoms with van der Waals surface area (Å²) in [7, 11) is 0. The zero-order valence-electron chi connectivity index (χ0n) is 18.1.